The number of aromatic nitrogens is 1. The summed E-state index contributed by atoms with van der Waals surface area (Å²) < 4.78 is 1.01. The zero-order valence-corrected chi connectivity index (χ0v) is 12.2. The fourth-order valence-electron chi connectivity index (χ4n) is 2.82. The van der Waals surface area contributed by atoms with Crippen molar-refractivity contribution < 1.29 is 4.79 Å². The molecule has 3 N–H and O–H groups in total. The zero-order chi connectivity index (χ0) is 13.9. The first-order chi connectivity index (χ1) is 9.70. The number of nitrogens with two attached hydrogens (primary N) is 1. The quantitative estimate of drug-likeness (QED) is 0.845. The summed E-state index contributed by atoms with van der Waals surface area (Å²) in [7, 11) is 0. The van der Waals surface area contributed by atoms with Gasteiger partial charge in [-0.15, -0.1) is 0 Å². The van der Waals surface area contributed by atoms with Crippen molar-refractivity contribution in [2.45, 2.75) is 38.5 Å². The zero-order valence-electron chi connectivity index (χ0n) is 11.4. The molecule has 1 aromatic heterocycles. The largest absolute Gasteiger partial charge is 0.399 e. The number of nitrogens with one attached hydrogen (secondary N) is 1. The molecule has 3 rings (SSSR count). The number of nitrogens with zero attached hydrogens (tertiary/aromatic N) is 1. The van der Waals surface area contributed by atoms with Crippen molar-refractivity contribution >= 4 is 38.3 Å². The van der Waals surface area contributed by atoms with Gasteiger partial charge in [0.05, 0.1) is 10.2 Å². The molecule has 0 aliphatic heterocycles. The lowest BCUT2D eigenvalue weighted by Gasteiger charge is -2.20. The highest BCUT2D eigenvalue weighted by molar-refractivity contribution is 7.22. The van der Waals surface area contributed by atoms with E-state index in [0.29, 0.717) is 17.5 Å². The van der Waals surface area contributed by atoms with Crippen molar-refractivity contribution in [1.29, 1.82) is 0 Å². The number of hydrogen-bond donors (Lipinski definition) is 2. The Bertz CT molecular complexity index is 617. The van der Waals surface area contributed by atoms with Gasteiger partial charge in [-0.25, -0.2) is 4.98 Å². The van der Waals surface area contributed by atoms with Crippen LogP contribution >= 0.6 is 11.3 Å². The van der Waals surface area contributed by atoms with E-state index in [1.54, 1.807) is 0 Å². The van der Waals surface area contributed by atoms with Crippen LogP contribution in [0.15, 0.2) is 18.2 Å². The maximum atomic E-state index is 12.1. The Hall–Kier alpha value is -1.62. The summed E-state index contributed by atoms with van der Waals surface area (Å²) in [5.41, 5.74) is 7.36. The van der Waals surface area contributed by atoms with E-state index in [1.807, 2.05) is 18.2 Å². The molecule has 0 atom stereocenters. The van der Waals surface area contributed by atoms with E-state index in [4.69, 9.17) is 5.73 Å². The molecule has 1 amide bonds. The van der Waals surface area contributed by atoms with Crippen molar-refractivity contribution in [2.75, 3.05) is 11.1 Å². The predicted octanol–water partition coefficient (Wildman–Crippen LogP) is 3.79. The molecule has 0 spiro atoms. The number of benzene rings is 1. The maximum Gasteiger partial charge on any atom is 0.226 e. The van der Waals surface area contributed by atoms with Crippen molar-refractivity contribution in [3.8, 4) is 0 Å². The lowest BCUT2D eigenvalue weighted by molar-refractivity contribution is -0.117. The number of thiazole rings is 1. The minimum atomic E-state index is 0.0870. The monoisotopic (exact) mass is 289 g/mol. The topological polar surface area (TPSA) is 68.0 Å². The first kappa shape index (κ1) is 13.4. The van der Waals surface area contributed by atoms with Crippen molar-refractivity contribution in [3.63, 3.8) is 0 Å². The summed E-state index contributed by atoms with van der Waals surface area (Å²) in [5.74, 6) is 0.637. The molecule has 2 aromatic rings. The second-order valence-electron chi connectivity index (χ2n) is 5.50. The van der Waals surface area contributed by atoms with E-state index in [-0.39, 0.29) is 5.91 Å². The maximum absolute atomic E-state index is 12.1. The van der Waals surface area contributed by atoms with Gasteiger partial charge >= 0.3 is 0 Å². The lowest BCUT2D eigenvalue weighted by Crippen LogP contribution is -2.18. The molecule has 1 heterocycles. The Morgan fingerprint density at radius 2 is 2.15 bits per heavy atom. The van der Waals surface area contributed by atoms with Crippen LogP contribution in [0.2, 0.25) is 0 Å². The van der Waals surface area contributed by atoms with Gasteiger partial charge in [-0.05, 0) is 37.0 Å². The van der Waals surface area contributed by atoms with Gasteiger partial charge in [-0.2, -0.15) is 0 Å². The molecule has 0 saturated heterocycles. The van der Waals surface area contributed by atoms with E-state index in [9.17, 15) is 4.79 Å². The first-order valence-electron chi connectivity index (χ1n) is 7.16. The number of anilines is 2. The van der Waals surface area contributed by atoms with E-state index in [2.05, 4.69) is 10.3 Å². The Balaban J connectivity index is 1.64. The Morgan fingerprint density at radius 3 is 2.95 bits per heavy atom. The third kappa shape index (κ3) is 3.10. The summed E-state index contributed by atoms with van der Waals surface area (Å²) in [4.78, 5) is 16.5. The van der Waals surface area contributed by atoms with Gasteiger partial charge < -0.3 is 11.1 Å². The van der Waals surface area contributed by atoms with E-state index in [0.717, 1.165) is 15.9 Å². The molecule has 5 heteroatoms. The van der Waals surface area contributed by atoms with Crippen LogP contribution in [0.5, 0.6) is 0 Å². The van der Waals surface area contributed by atoms with Crippen LogP contribution < -0.4 is 11.1 Å². The minimum absolute atomic E-state index is 0.0870. The normalized spacial score (nSPS) is 16.4. The van der Waals surface area contributed by atoms with Gasteiger partial charge in [0.15, 0.2) is 5.13 Å². The molecule has 1 aliphatic rings. The second kappa shape index (κ2) is 5.79. The van der Waals surface area contributed by atoms with Gasteiger partial charge in [-0.1, -0.05) is 30.6 Å². The fraction of sp³-hybridized carbons (Fsp3) is 0.467. The molecule has 0 unspecified atom stereocenters. The molecule has 106 valence electrons. The number of carbonyl (C=O) groups excluding carboxylic acids is 1. The molecular weight excluding hydrogens is 270 g/mol. The number of amides is 1. The minimum Gasteiger partial charge on any atom is -0.399 e. The van der Waals surface area contributed by atoms with E-state index in [1.165, 1.54) is 43.4 Å². The molecule has 20 heavy (non-hydrogen) atoms. The predicted molar refractivity (Wildman–Crippen MR) is 83.9 cm³/mol. The third-order valence-electron chi connectivity index (χ3n) is 3.86. The van der Waals surface area contributed by atoms with E-state index >= 15 is 0 Å². The average Bonchev–Trinajstić information content (AvgIpc) is 2.80. The summed E-state index contributed by atoms with van der Waals surface area (Å²) >= 11 is 1.48. The van der Waals surface area contributed by atoms with Crippen LogP contribution in [0.4, 0.5) is 10.8 Å². The Kier molecular flexibility index (Phi) is 3.87. The van der Waals surface area contributed by atoms with Crippen molar-refractivity contribution in [2.24, 2.45) is 5.92 Å². The molecule has 0 bridgehead atoms. The summed E-state index contributed by atoms with van der Waals surface area (Å²) in [5, 5.41) is 3.60. The van der Waals surface area contributed by atoms with Crippen LogP contribution in [-0.4, -0.2) is 10.9 Å². The second-order valence-corrected chi connectivity index (χ2v) is 6.53. The van der Waals surface area contributed by atoms with Gasteiger partial charge in [-0.3, -0.25) is 4.79 Å². The summed E-state index contributed by atoms with van der Waals surface area (Å²) in [6.45, 7) is 0. The number of carbonyl (C=O) groups is 1. The van der Waals surface area contributed by atoms with Crippen LogP contribution in [0.1, 0.15) is 38.5 Å². The molecular formula is C15H19N3OS. The average molecular weight is 289 g/mol. The van der Waals surface area contributed by atoms with Gasteiger partial charge in [0.2, 0.25) is 5.91 Å². The van der Waals surface area contributed by atoms with E-state index < -0.39 is 0 Å². The highest BCUT2D eigenvalue weighted by atomic mass is 32.1. The number of nitrogen functional groups attached to an aromatic ring is 1. The van der Waals surface area contributed by atoms with Gasteiger partial charge in [0.25, 0.3) is 0 Å². The lowest BCUT2D eigenvalue weighted by atomic mass is 9.87. The SMILES string of the molecule is Nc1ccc2nc(NC(=O)CC3CCCCC3)sc2c1. The van der Waals surface area contributed by atoms with Crippen LogP contribution in [0.3, 0.4) is 0 Å². The van der Waals surface area contributed by atoms with Crippen molar-refractivity contribution in [3.05, 3.63) is 18.2 Å². The highest BCUT2D eigenvalue weighted by Gasteiger charge is 2.17. The molecule has 1 fully saturated rings. The fourth-order valence-corrected chi connectivity index (χ4v) is 3.75. The number of fused-ring (bicyclic) bond motifs is 1. The van der Waals surface area contributed by atoms with Crippen LogP contribution in [0, 0.1) is 5.92 Å². The highest BCUT2D eigenvalue weighted by Crippen LogP contribution is 2.29. The molecule has 1 aromatic carbocycles. The van der Waals surface area contributed by atoms with Crippen LogP contribution in [-0.2, 0) is 4.79 Å². The first-order valence-corrected chi connectivity index (χ1v) is 7.98. The third-order valence-corrected chi connectivity index (χ3v) is 4.79. The summed E-state index contributed by atoms with van der Waals surface area (Å²) in [6.07, 6.45) is 6.83. The van der Waals surface area contributed by atoms with Crippen LogP contribution in [0.25, 0.3) is 10.2 Å². The Labute approximate surface area is 122 Å². The van der Waals surface area contributed by atoms with Gasteiger partial charge in [0, 0.05) is 12.1 Å². The smallest absolute Gasteiger partial charge is 0.226 e. The standard InChI is InChI=1S/C15H19N3OS/c16-11-6-7-12-13(9-11)20-15(17-12)18-14(19)8-10-4-2-1-3-5-10/h6-7,9-10H,1-5,8,16H2,(H,17,18,19). The van der Waals surface area contributed by atoms with Crippen molar-refractivity contribution in [1.82, 2.24) is 4.98 Å². The Morgan fingerprint density at radius 1 is 1.35 bits per heavy atom. The molecule has 1 saturated carbocycles. The summed E-state index contributed by atoms with van der Waals surface area (Å²) in [6, 6.07) is 5.61. The molecule has 4 nitrogen and oxygen atoms in total. The number of hydrogen-bond acceptors (Lipinski definition) is 4. The molecule has 0 radical (unpaired) electrons. The molecule has 1 aliphatic carbocycles. The number of rotatable bonds is 3. The van der Waals surface area contributed by atoms with Gasteiger partial charge in [0.1, 0.15) is 0 Å².